The van der Waals surface area contributed by atoms with E-state index in [1.165, 1.54) is 37.9 Å². The van der Waals surface area contributed by atoms with Gasteiger partial charge in [0.05, 0.1) is 0 Å². The van der Waals surface area contributed by atoms with Crippen molar-refractivity contribution >= 4 is 0 Å². The molecule has 1 aliphatic rings. The monoisotopic (exact) mass is 252 g/mol. The zero-order valence-corrected chi connectivity index (χ0v) is 12.7. The first-order chi connectivity index (χ1) is 8.75. The Kier molecular flexibility index (Phi) is 7.79. The van der Waals surface area contributed by atoms with Gasteiger partial charge < -0.3 is 10.2 Å². The molecule has 0 spiro atoms. The van der Waals surface area contributed by atoms with Crippen molar-refractivity contribution in [2.24, 2.45) is 0 Å². The predicted octanol–water partition coefficient (Wildman–Crippen LogP) is 1.000. The summed E-state index contributed by atoms with van der Waals surface area (Å²) in [6, 6.07) is 11.5. The molecule has 2 nitrogen and oxygen atoms in total. The van der Waals surface area contributed by atoms with E-state index >= 15 is 0 Å². The molecule has 0 radical (unpaired) electrons. The van der Waals surface area contributed by atoms with Crippen LogP contribution in [0.1, 0.15) is 44.7 Å². The average Bonchev–Trinajstić information content (AvgIpc) is 2.40. The van der Waals surface area contributed by atoms with Crippen LogP contribution in [0.25, 0.3) is 5.32 Å². The van der Waals surface area contributed by atoms with Gasteiger partial charge in [-0.25, -0.2) is 0 Å². The van der Waals surface area contributed by atoms with Crippen molar-refractivity contribution in [1.82, 2.24) is 4.90 Å². The molecule has 1 saturated heterocycles. The van der Waals surface area contributed by atoms with Gasteiger partial charge in [-0.05, 0) is 32.5 Å². The Hall–Kier alpha value is -0.263. The molecular weight excluding hydrogens is 227 g/mol. The van der Waals surface area contributed by atoms with Crippen LogP contribution in [-0.2, 0) is 0 Å². The van der Waals surface area contributed by atoms with Gasteiger partial charge in [-0.3, -0.25) is 0 Å². The molecular formula is C16H25LiN2. The van der Waals surface area contributed by atoms with Gasteiger partial charge in [0, 0.05) is 0 Å². The van der Waals surface area contributed by atoms with E-state index in [1.54, 1.807) is 0 Å². The van der Waals surface area contributed by atoms with Crippen molar-refractivity contribution in [3.8, 4) is 0 Å². The topological polar surface area (TPSA) is 17.3 Å². The van der Waals surface area contributed by atoms with E-state index in [2.05, 4.69) is 49.1 Å². The smallest absolute Gasteiger partial charge is 0.652 e. The molecule has 1 aromatic carbocycles. The van der Waals surface area contributed by atoms with Crippen molar-refractivity contribution in [3.05, 3.63) is 41.2 Å². The van der Waals surface area contributed by atoms with Gasteiger partial charge in [-0.15, -0.1) is 6.04 Å². The van der Waals surface area contributed by atoms with Crippen LogP contribution in [0.15, 0.2) is 30.3 Å². The zero-order valence-electron chi connectivity index (χ0n) is 12.7. The molecule has 100 valence electrons. The molecule has 1 heterocycles. The summed E-state index contributed by atoms with van der Waals surface area (Å²) >= 11 is 0. The minimum Gasteiger partial charge on any atom is -0.652 e. The third-order valence-electron chi connectivity index (χ3n) is 3.54. The SMILES string of the molecule is CC(C)[N-]C(CN1CCCCC1)c1ccccc1.[Li+]. The molecule has 1 atom stereocenters. The van der Waals surface area contributed by atoms with Crippen LogP contribution in [-0.4, -0.2) is 30.6 Å². The molecule has 0 bridgehead atoms. The largest absolute Gasteiger partial charge is 1.00 e. The maximum atomic E-state index is 4.90. The Labute approximate surface area is 130 Å². The van der Waals surface area contributed by atoms with Gasteiger partial charge >= 0.3 is 18.9 Å². The number of rotatable bonds is 5. The van der Waals surface area contributed by atoms with Gasteiger partial charge in [-0.1, -0.05) is 62.2 Å². The molecule has 0 saturated carbocycles. The fourth-order valence-corrected chi connectivity index (χ4v) is 2.66. The van der Waals surface area contributed by atoms with Crippen molar-refractivity contribution in [2.45, 2.75) is 45.2 Å². The number of benzene rings is 1. The normalized spacial score (nSPS) is 18.1. The number of piperidine rings is 1. The summed E-state index contributed by atoms with van der Waals surface area (Å²) in [6.45, 7) is 7.92. The van der Waals surface area contributed by atoms with Crippen LogP contribution in [0.5, 0.6) is 0 Å². The minimum atomic E-state index is 0. The second kappa shape index (κ2) is 8.82. The Morgan fingerprint density at radius 1 is 1.05 bits per heavy atom. The number of hydrogen-bond donors (Lipinski definition) is 0. The van der Waals surface area contributed by atoms with Crippen molar-refractivity contribution in [1.29, 1.82) is 0 Å². The molecule has 19 heavy (non-hydrogen) atoms. The van der Waals surface area contributed by atoms with Gasteiger partial charge in [0.15, 0.2) is 0 Å². The van der Waals surface area contributed by atoms with Gasteiger partial charge in [-0.2, -0.15) is 0 Å². The molecule has 2 rings (SSSR count). The van der Waals surface area contributed by atoms with Crippen molar-refractivity contribution in [3.63, 3.8) is 0 Å². The third kappa shape index (κ3) is 5.71. The van der Waals surface area contributed by atoms with E-state index in [0.29, 0.717) is 12.1 Å². The van der Waals surface area contributed by atoms with Crippen LogP contribution < -0.4 is 18.9 Å². The van der Waals surface area contributed by atoms with Crippen LogP contribution in [0.4, 0.5) is 0 Å². The molecule has 3 heteroatoms. The molecule has 0 N–H and O–H groups in total. The summed E-state index contributed by atoms with van der Waals surface area (Å²) in [5.41, 5.74) is 1.36. The minimum absolute atomic E-state index is 0. The second-order valence-corrected chi connectivity index (χ2v) is 5.53. The van der Waals surface area contributed by atoms with Crippen LogP contribution in [0.2, 0.25) is 0 Å². The van der Waals surface area contributed by atoms with Crippen LogP contribution >= 0.6 is 0 Å². The fourth-order valence-electron chi connectivity index (χ4n) is 2.66. The van der Waals surface area contributed by atoms with E-state index in [0.717, 1.165) is 6.54 Å². The molecule has 0 aliphatic carbocycles. The predicted molar refractivity (Wildman–Crippen MR) is 78.0 cm³/mol. The van der Waals surface area contributed by atoms with Crippen LogP contribution in [0, 0.1) is 0 Å². The molecule has 1 unspecified atom stereocenters. The van der Waals surface area contributed by atoms with Gasteiger partial charge in [0.1, 0.15) is 0 Å². The average molecular weight is 252 g/mol. The Balaban J connectivity index is 0.00000180. The van der Waals surface area contributed by atoms with Crippen molar-refractivity contribution in [2.75, 3.05) is 19.6 Å². The summed E-state index contributed by atoms with van der Waals surface area (Å²) in [4.78, 5) is 2.58. The Bertz CT molecular complexity index is 334. The first-order valence-electron chi connectivity index (χ1n) is 7.23. The summed E-state index contributed by atoms with van der Waals surface area (Å²) in [5, 5.41) is 4.90. The summed E-state index contributed by atoms with van der Waals surface area (Å²) in [5.74, 6) is 0. The first-order valence-corrected chi connectivity index (χ1v) is 7.23. The van der Waals surface area contributed by atoms with E-state index in [-0.39, 0.29) is 18.9 Å². The first kappa shape index (κ1) is 16.8. The number of hydrogen-bond acceptors (Lipinski definition) is 1. The fraction of sp³-hybridized carbons (Fsp3) is 0.625. The molecule has 0 aromatic heterocycles. The molecule has 1 aromatic rings. The van der Waals surface area contributed by atoms with E-state index in [4.69, 9.17) is 5.32 Å². The third-order valence-corrected chi connectivity index (χ3v) is 3.54. The molecule has 0 amide bonds. The second-order valence-electron chi connectivity index (χ2n) is 5.53. The van der Waals surface area contributed by atoms with E-state index in [1.807, 2.05) is 0 Å². The van der Waals surface area contributed by atoms with E-state index < -0.39 is 0 Å². The summed E-state index contributed by atoms with van der Waals surface area (Å²) < 4.78 is 0. The maximum Gasteiger partial charge on any atom is 1.00 e. The molecule has 1 fully saturated rings. The Morgan fingerprint density at radius 2 is 1.68 bits per heavy atom. The van der Waals surface area contributed by atoms with Gasteiger partial charge in [0.25, 0.3) is 0 Å². The zero-order chi connectivity index (χ0) is 12.8. The van der Waals surface area contributed by atoms with Crippen LogP contribution in [0.3, 0.4) is 0 Å². The summed E-state index contributed by atoms with van der Waals surface area (Å²) in [7, 11) is 0. The van der Waals surface area contributed by atoms with E-state index in [9.17, 15) is 0 Å². The molecule has 1 aliphatic heterocycles. The van der Waals surface area contributed by atoms with Gasteiger partial charge in [0.2, 0.25) is 0 Å². The Morgan fingerprint density at radius 3 is 2.26 bits per heavy atom. The summed E-state index contributed by atoms with van der Waals surface area (Å²) in [6.07, 6.45) is 4.10. The maximum absolute atomic E-state index is 4.90. The van der Waals surface area contributed by atoms with Crippen molar-refractivity contribution < 1.29 is 18.9 Å². The quantitative estimate of drug-likeness (QED) is 0.715. The standard InChI is InChI=1S/C16H25N2.Li/c1-14(2)17-16(15-9-5-3-6-10-15)13-18-11-7-4-8-12-18;/h3,5-6,9-10,14,16H,4,7-8,11-13H2,1-2H3;/q-1;+1. The number of likely N-dealkylation sites (tertiary alicyclic amines) is 1. The number of nitrogens with zero attached hydrogens (tertiary/aromatic N) is 2.